The lowest BCUT2D eigenvalue weighted by Crippen LogP contribution is -2.48. The van der Waals surface area contributed by atoms with Crippen molar-refractivity contribution in [1.82, 2.24) is 19.7 Å². The van der Waals surface area contributed by atoms with Crippen molar-refractivity contribution < 1.29 is 27.5 Å². The van der Waals surface area contributed by atoms with Gasteiger partial charge in [0.15, 0.2) is 11.6 Å². The molecule has 0 aliphatic carbocycles. The molecule has 7 nitrogen and oxygen atoms in total. The number of aliphatic hydroxyl groups excluding tert-OH is 1. The number of hydrogen-bond donors (Lipinski definition) is 2. The second kappa shape index (κ2) is 13.1. The van der Waals surface area contributed by atoms with Crippen LogP contribution in [0.15, 0.2) is 42.5 Å². The molecule has 1 amide bonds. The number of benzene rings is 2. The lowest BCUT2D eigenvalue weighted by atomic mass is 9.84. The minimum atomic E-state index is -2.80. The number of carbonyl (C=O) groups is 1. The van der Waals surface area contributed by atoms with Gasteiger partial charge in [-0.2, -0.15) is 5.10 Å². The van der Waals surface area contributed by atoms with Gasteiger partial charge in [-0.1, -0.05) is 58.9 Å². The quantitative estimate of drug-likeness (QED) is 0.286. The Hall–Kier alpha value is -3.31. The number of halogens is 4. The predicted molar refractivity (Wildman–Crippen MR) is 149 cm³/mol. The SMILES string of the molecule is CC(O)C(=O)N(CCC(N)C(F)F)[C@@H](c1nc(-c2cc(F)ccc2F)nn1Cc1cccc(C(C)C)c1)C(C)(C)C. The molecule has 2 unspecified atom stereocenters. The summed E-state index contributed by atoms with van der Waals surface area (Å²) in [6, 6.07) is 8.37. The molecule has 1 heterocycles. The molecule has 3 N–H and O–H groups in total. The fraction of sp³-hybridized carbons (Fsp3) is 0.500. The highest BCUT2D eigenvalue weighted by atomic mass is 19.3. The summed E-state index contributed by atoms with van der Waals surface area (Å²) < 4.78 is 57.1. The minimum Gasteiger partial charge on any atom is -0.384 e. The van der Waals surface area contributed by atoms with Crippen molar-refractivity contribution in [3.63, 3.8) is 0 Å². The number of alkyl halides is 2. The van der Waals surface area contributed by atoms with Gasteiger partial charge in [0.25, 0.3) is 12.3 Å². The maximum Gasteiger partial charge on any atom is 0.253 e. The van der Waals surface area contributed by atoms with Gasteiger partial charge >= 0.3 is 0 Å². The van der Waals surface area contributed by atoms with E-state index < -0.39 is 47.6 Å². The number of nitrogens with two attached hydrogens (primary N) is 1. The first-order chi connectivity index (χ1) is 19.1. The van der Waals surface area contributed by atoms with Crippen LogP contribution in [0, 0.1) is 17.0 Å². The maximum absolute atomic E-state index is 14.8. The monoisotopic (exact) mass is 577 g/mol. The molecule has 0 saturated carbocycles. The fourth-order valence-corrected chi connectivity index (χ4v) is 4.69. The first-order valence-electron chi connectivity index (χ1n) is 13.6. The Bertz CT molecular complexity index is 1340. The first kappa shape index (κ1) is 32.2. The van der Waals surface area contributed by atoms with Crippen LogP contribution < -0.4 is 5.73 Å². The molecule has 0 radical (unpaired) electrons. The molecule has 0 aliphatic rings. The van der Waals surface area contributed by atoms with Gasteiger partial charge in [-0.15, -0.1) is 0 Å². The topological polar surface area (TPSA) is 97.3 Å². The summed E-state index contributed by atoms with van der Waals surface area (Å²) in [5, 5.41) is 14.8. The molecule has 2 aromatic carbocycles. The third-order valence-corrected chi connectivity index (χ3v) is 6.86. The Balaban J connectivity index is 2.23. The van der Waals surface area contributed by atoms with Crippen molar-refractivity contribution in [2.45, 2.75) is 85.0 Å². The smallest absolute Gasteiger partial charge is 0.253 e. The Labute approximate surface area is 238 Å². The van der Waals surface area contributed by atoms with Crippen LogP contribution in [0.5, 0.6) is 0 Å². The molecule has 0 bridgehead atoms. The van der Waals surface area contributed by atoms with Crippen LogP contribution in [0.2, 0.25) is 0 Å². The van der Waals surface area contributed by atoms with Gasteiger partial charge in [-0.05, 0) is 54.0 Å². The highest BCUT2D eigenvalue weighted by molar-refractivity contribution is 5.80. The summed E-state index contributed by atoms with van der Waals surface area (Å²) in [5.74, 6) is -1.73. The van der Waals surface area contributed by atoms with E-state index in [9.17, 15) is 27.5 Å². The zero-order valence-electron chi connectivity index (χ0n) is 24.3. The summed E-state index contributed by atoms with van der Waals surface area (Å²) in [5.41, 5.74) is 6.62. The average molecular weight is 578 g/mol. The normalized spacial score (nSPS) is 14.4. The van der Waals surface area contributed by atoms with Crippen molar-refractivity contribution in [2.24, 2.45) is 11.1 Å². The van der Waals surface area contributed by atoms with Crippen molar-refractivity contribution in [3.05, 3.63) is 71.1 Å². The maximum atomic E-state index is 14.8. The van der Waals surface area contributed by atoms with Gasteiger partial charge in [0.1, 0.15) is 17.7 Å². The van der Waals surface area contributed by atoms with Gasteiger partial charge in [0.2, 0.25) is 0 Å². The number of hydrogen-bond acceptors (Lipinski definition) is 5. The summed E-state index contributed by atoms with van der Waals surface area (Å²) in [7, 11) is 0. The number of carbonyl (C=O) groups excluding carboxylic acids is 1. The molecule has 3 aromatic rings. The molecule has 11 heteroatoms. The highest BCUT2D eigenvalue weighted by Crippen LogP contribution is 2.39. The molecule has 41 heavy (non-hydrogen) atoms. The second-order valence-corrected chi connectivity index (χ2v) is 11.7. The van der Waals surface area contributed by atoms with Gasteiger partial charge in [0.05, 0.1) is 24.2 Å². The minimum absolute atomic E-state index is 0.0972. The second-order valence-electron chi connectivity index (χ2n) is 11.7. The molecule has 0 aliphatic heterocycles. The third kappa shape index (κ3) is 7.91. The first-order valence-corrected chi connectivity index (χ1v) is 13.6. The highest BCUT2D eigenvalue weighted by Gasteiger charge is 2.40. The summed E-state index contributed by atoms with van der Waals surface area (Å²) >= 11 is 0. The summed E-state index contributed by atoms with van der Waals surface area (Å²) in [4.78, 5) is 19.2. The third-order valence-electron chi connectivity index (χ3n) is 6.86. The molecule has 224 valence electrons. The van der Waals surface area contributed by atoms with Crippen molar-refractivity contribution in [2.75, 3.05) is 6.54 Å². The molecule has 0 spiro atoms. The molecule has 3 rings (SSSR count). The largest absolute Gasteiger partial charge is 0.384 e. The van der Waals surface area contributed by atoms with E-state index in [4.69, 9.17) is 5.73 Å². The van der Waals surface area contributed by atoms with Crippen molar-refractivity contribution in [3.8, 4) is 11.4 Å². The van der Waals surface area contributed by atoms with E-state index in [2.05, 4.69) is 23.9 Å². The van der Waals surface area contributed by atoms with E-state index in [-0.39, 0.29) is 42.6 Å². The molecule has 3 atom stereocenters. The number of aromatic nitrogens is 3. The number of aliphatic hydroxyl groups is 1. The van der Waals surface area contributed by atoms with Gasteiger partial charge in [0, 0.05) is 6.54 Å². The van der Waals surface area contributed by atoms with E-state index in [0.717, 1.165) is 29.3 Å². The Kier molecular flexibility index (Phi) is 10.3. The zero-order chi connectivity index (χ0) is 30.6. The van der Waals surface area contributed by atoms with E-state index >= 15 is 0 Å². The Morgan fingerprint density at radius 1 is 1.10 bits per heavy atom. The van der Waals surface area contributed by atoms with Gasteiger partial charge in [-0.3, -0.25) is 4.79 Å². The van der Waals surface area contributed by atoms with Crippen LogP contribution >= 0.6 is 0 Å². The Morgan fingerprint density at radius 2 is 1.78 bits per heavy atom. The van der Waals surface area contributed by atoms with Gasteiger partial charge in [-0.25, -0.2) is 27.2 Å². The fourth-order valence-electron chi connectivity index (χ4n) is 4.69. The molecule has 0 saturated heterocycles. The molecule has 0 fully saturated rings. The number of rotatable bonds is 11. The van der Waals surface area contributed by atoms with E-state index in [1.807, 2.05) is 45.0 Å². The van der Waals surface area contributed by atoms with E-state index in [1.165, 1.54) is 16.5 Å². The molecule has 1 aromatic heterocycles. The molecular weight excluding hydrogens is 538 g/mol. The van der Waals surface area contributed by atoms with Crippen LogP contribution in [0.1, 0.15) is 76.9 Å². The number of nitrogens with zero attached hydrogens (tertiary/aromatic N) is 4. The van der Waals surface area contributed by atoms with Crippen molar-refractivity contribution in [1.29, 1.82) is 0 Å². The predicted octanol–water partition coefficient (Wildman–Crippen LogP) is 5.67. The van der Waals surface area contributed by atoms with Crippen LogP contribution in [0.25, 0.3) is 11.4 Å². The molecular formula is C30H39F4N5O2. The standard InChI is InChI=1S/C30H39F4N5O2/c1-17(2)20-9-7-8-19(14-20)16-39-28(36-27(37-39)22-15-21(31)10-11-23(22)32)25(30(4,5)6)38(29(41)18(3)40)13-12-24(35)26(33)34/h7-11,14-15,17-18,24-26,40H,12-13,16,35H2,1-6H3/t18?,24?,25-/m0/s1. The van der Waals surface area contributed by atoms with E-state index in [0.29, 0.717) is 0 Å². The lowest BCUT2D eigenvalue weighted by molar-refractivity contribution is -0.145. The van der Waals surface area contributed by atoms with Gasteiger partial charge < -0.3 is 15.7 Å². The van der Waals surface area contributed by atoms with Crippen LogP contribution in [0.3, 0.4) is 0 Å². The van der Waals surface area contributed by atoms with Crippen LogP contribution in [-0.2, 0) is 11.3 Å². The van der Waals surface area contributed by atoms with E-state index in [1.54, 1.807) is 0 Å². The number of amides is 1. The average Bonchev–Trinajstić information content (AvgIpc) is 3.28. The summed E-state index contributed by atoms with van der Waals surface area (Å²) in [6.45, 7) is 10.9. The lowest BCUT2D eigenvalue weighted by Gasteiger charge is -2.40. The van der Waals surface area contributed by atoms with Crippen molar-refractivity contribution >= 4 is 5.91 Å². The Morgan fingerprint density at radius 3 is 2.37 bits per heavy atom. The summed E-state index contributed by atoms with van der Waals surface area (Å²) in [6.07, 6.45) is -4.48. The zero-order valence-corrected chi connectivity index (χ0v) is 24.3. The van der Waals surface area contributed by atoms with Crippen LogP contribution in [-0.4, -0.2) is 55.8 Å². The van der Waals surface area contributed by atoms with Crippen LogP contribution in [0.4, 0.5) is 17.6 Å².